The second kappa shape index (κ2) is 27.3. The third-order valence-electron chi connectivity index (χ3n) is 15.5. The average molecular weight is 1190 g/mol. The van der Waals surface area contributed by atoms with Crippen molar-refractivity contribution in [1.29, 1.82) is 0 Å². The molecular weight excluding hydrogens is 1120 g/mol. The summed E-state index contributed by atoms with van der Waals surface area (Å²) in [6.45, 7) is 5.16. The van der Waals surface area contributed by atoms with Crippen LogP contribution in [0.2, 0.25) is 0 Å². The van der Waals surface area contributed by atoms with Crippen molar-refractivity contribution < 1.29 is 101 Å². The molecule has 3 saturated heterocycles. The van der Waals surface area contributed by atoms with Crippen LogP contribution in [0.1, 0.15) is 93.6 Å². The molecule has 0 saturated carbocycles. The number of aliphatic hydroxyl groups excluding tert-OH is 2. The van der Waals surface area contributed by atoms with E-state index in [1.54, 1.807) is 69.3 Å². The number of methoxy groups -OCH3 is 2. The standard InChI is InChI=1S/C58H70N6O21/c1-28(2)47(63-42(65)11-7-6-8-19-64-43(66)16-17-44(64)67)54(71)62-36(10-9-18-60-57(59)73)53(70)61-32-14-12-30(13-15-32)24-79-58(74)85-51-39(75-4)20-31(21-40(51)76-5)45-33-22-37-38(81-27-80-37)23-34(33)50(35-25-78-55(72)46(35)45)84-56-49(69)48(68)52-41(83-56)26-77-29(3)82-52/h12-17,20-23,28-29,35-36,41,45-50,52,56,68-69H,6-11,18-19,24-27H2,1-5H3,(H,61,70)(H,62,71)(H,63,65)(H3,59,60,73)/t29-,35+,36+,41-,45-,46+,47+,48-,49-,50-,52-,56?/m1/s1. The monoisotopic (exact) mass is 1190 g/mol. The lowest BCUT2D eigenvalue weighted by atomic mass is 9.66. The molecular formula is C58H70N6O21. The topological polar surface area (TPSA) is 356 Å². The van der Waals surface area contributed by atoms with E-state index in [0.29, 0.717) is 58.7 Å². The Morgan fingerprint density at radius 1 is 0.812 bits per heavy atom. The number of fused-ring (bicyclic) bond motifs is 4. The average Bonchev–Trinajstić information content (AvgIpc) is 3.81. The number of benzene rings is 3. The molecule has 0 spiro atoms. The number of hydrogen-bond donors (Lipinski definition) is 7. The number of rotatable bonds is 24. The van der Waals surface area contributed by atoms with Crippen molar-refractivity contribution in [3.63, 3.8) is 0 Å². The molecule has 6 aliphatic rings. The number of hydrogen-bond acceptors (Lipinski definition) is 21. The highest BCUT2D eigenvalue weighted by Crippen LogP contribution is 2.57. The molecule has 5 heterocycles. The number of imide groups is 1. The van der Waals surface area contributed by atoms with Gasteiger partial charge in [-0.1, -0.05) is 32.4 Å². The van der Waals surface area contributed by atoms with Gasteiger partial charge in [0.25, 0.3) is 11.8 Å². The van der Waals surface area contributed by atoms with Crippen LogP contribution >= 0.6 is 0 Å². The van der Waals surface area contributed by atoms with Gasteiger partial charge in [-0.05, 0) is 97.2 Å². The summed E-state index contributed by atoms with van der Waals surface area (Å²) in [7, 11) is 2.72. The molecule has 3 fully saturated rings. The van der Waals surface area contributed by atoms with E-state index in [1.165, 1.54) is 26.4 Å². The van der Waals surface area contributed by atoms with E-state index in [1.807, 2.05) is 0 Å². The number of anilines is 1. The Morgan fingerprint density at radius 3 is 2.18 bits per heavy atom. The molecule has 1 aliphatic carbocycles. The molecule has 0 aromatic heterocycles. The minimum Gasteiger partial charge on any atom is -0.493 e. The van der Waals surface area contributed by atoms with Gasteiger partial charge in [-0.25, -0.2) is 9.59 Å². The lowest BCUT2D eigenvalue weighted by Crippen LogP contribution is -2.63. The van der Waals surface area contributed by atoms with Gasteiger partial charge in [0.1, 0.15) is 43.1 Å². The van der Waals surface area contributed by atoms with Gasteiger partial charge in [-0.15, -0.1) is 0 Å². The second-order valence-electron chi connectivity index (χ2n) is 21.6. The van der Waals surface area contributed by atoms with E-state index in [-0.39, 0.29) is 93.9 Å². The normalized spacial score (nSPS) is 25.2. The summed E-state index contributed by atoms with van der Waals surface area (Å²) in [6, 6.07) is 10.1. The molecule has 458 valence electrons. The number of unbranched alkanes of at least 4 members (excludes halogenated alkanes) is 2. The Bertz CT molecular complexity index is 2990. The fraction of sp³-hybridized carbons (Fsp3) is 0.517. The number of nitrogens with two attached hydrogens (primary N) is 1. The molecule has 85 heavy (non-hydrogen) atoms. The SMILES string of the molecule is COc1cc([C@@H]2c3cc4c(cc3[C@@H](OC3O[C@@H]5CO[C@@H](C)O[C@H]5[C@H](O)[C@H]3O)[C@H]3COC(=O)[C@H]23)OCO4)cc(OC)c1OC(=O)OCc1ccc(NC(=O)[C@H](CCCNC(N)=O)NC(=O)[C@@H](NC(=O)CCCCCN2C(=O)C=CC2=O)C(C)C)cc1. The maximum Gasteiger partial charge on any atom is 0.514 e. The molecule has 27 nitrogen and oxygen atoms in total. The minimum absolute atomic E-state index is 0.0429. The summed E-state index contributed by atoms with van der Waals surface area (Å²) >= 11 is 0. The van der Waals surface area contributed by atoms with Crippen LogP contribution in [0.3, 0.4) is 0 Å². The first-order valence-electron chi connectivity index (χ1n) is 28.0. The molecule has 12 atom stereocenters. The number of carbonyl (C=O) groups is 8. The Balaban J connectivity index is 0.832. The number of ether oxygens (including phenoxy) is 11. The third kappa shape index (κ3) is 14.2. The molecule has 0 bridgehead atoms. The van der Waals surface area contributed by atoms with Crippen molar-refractivity contribution in [2.75, 3.05) is 52.6 Å². The first-order valence-corrected chi connectivity index (χ1v) is 28.0. The van der Waals surface area contributed by atoms with Gasteiger partial charge in [0, 0.05) is 49.2 Å². The Labute approximate surface area is 488 Å². The molecule has 0 radical (unpaired) electrons. The van der Waals surface area contributed by atoms with Crippen LogP contribution in [0.15, 0.2) is 60.7 Å². The zero-order chi connectivity index (χ0) is 60.6. The molecule has 5 aliphatic heterocycles. The van der Waals surface area contributed by atoms with Gasteiger partial charge in [-0.2, -0.15) is 0 Å². The predicted octanol–water partition coefficient (Wildman–Crippen LogP) is 2.85. The number of urea groups is 1. The summed E-state index contributed by atoms with van der Waals surface area (Å²) in [5.74, 6) is -4.81. The number of nitrogens with one attached hydrogen (secondary N) is 4. The first kappa shape index (κ1) is 61.5. The number of esters is 1. The van der Waals surface area contributed by atoms with Crippen LogP contribution in [-0.2, 0) is 63.8 Å². The highest BCUT2D eigenvalue weighted by molar-refractivity contribution is 6.12. The van der Waals surface area contributed by atoms with E-state index in [4.69, 9.17) is 57.8 Å². The fourth-order valence-corrected chi connectivity index (χ4v) is 11.2. The van der Waals surface area contributed by atoms with E-state index >= 15 is 0 Å². The number of cyclic esters (lactones) is 1. The van der Waals surface area contributed by atoms with Gasteiger partial charge in [-0.3, -0.25) is 33.7 Å². The molecule has 7 amide bonds. The van der Waals surface area contributed by atoms with Crippen molar-refractivity contribution in [1.82, 2.24) is 20.9 Å². The molecule has 27 heteroatoms. The van der Waals surface area contributed by atoms with Crippen LogP contribution in [0.25, 0.3) is 0 Å². The van der Waals surface area contributed by atoms with E-state index in [2.05, 4.69) is 21.3 Å². The summed E-state index contributed by atoms with van der Waals surface area (Å²) in [5.41, 5.74) is 7.68. The van der Waals surface area contributed by atoms with Crippen LogP contribution in [-0.4, -0.2) is 159 Å². The molecule has 3 aromatic carbocycles. The Kier molecular flexibility index (Phi) is 19.8. The molecule has 9 rings (SSSR count). The van der Waals surface area contributed by atoms with Gasteiger partial charge in [0.15, 0.2) is 35.6 Å². The number of aliphatic hydroxyl groups is 2. The molecule has 1 unspecified atom stereocenters. The summed E-state index contributed by atoms with van der Waals surface area (Å²) in [5, 5.41) is 33.2. The Morgan fingerprint density at radius 2 is 1.51 bits per heavy atom. The van der Waals surface area contributed by atoms with Gasteiger partial charge >= 0.3 is 18.2 Å². The molecule has 3 aromatic rings. The highest BCUT2D eigenvalue weighted by atomic mass is 16.8. The summed E-state index contributed by atoms with van der Waals surface area (Å²) in [6.07, 6.45) is -4.28. The van der Waals surface area contributed by atoms with E-state index in [0.717, 1.165) is 4.90 Å². The number of nitrogens with zero attached hydrogens (tertiary/aromatic N) is 1. The van der Waals surface area contributed by atoms with Crippen LogP contribution < -0.4 is 50.7 Å². The van der Waals surface area contributed by atoms with Crippen LogP contribution in [0.4, 0.5) is 15.3 Å². The highest BCUT2D eigenvalue weighted by Gasteiger charge is 2.56. The van der Waals surface area contributed by atoms with Crippen molar-refractivity contribution in [3.8, 4) is 28.7 Å². The van der Waals surface area contributed by atoms with Crippen LogP contribution in [0.5, 0.6) is 28.7 Å². The fourth-order valence-electron chi connectivity index (χ4n) is 11.2. The van der Waals surface area contributed by atoms with Gasteiger partial charge < -0.3 is 89.3 Å². The van der Waals surface area contributed by atoms with Crippen molar-refractivity contribution in [2.45, 2.75) is 127 Å². The van der Waals surface area contributed by atoms with E-state index < -0.39 is 109 Å². The number of carbonyl (C=O) groups excluding carboxylic acids is 8. The summed E-state index contributed by atoms with van der Waals surface area (Å²) < 4.78 is 64.1. The second-order valence-corrected chi connectivity index (χ2v) is 21.6. The smallest absolute Gasteiger partial charge is 0.493 e. The summed E-state index contributed by atoms with van der Waals surface area (Å²) in [4.78, 5) is 104. The zero-order valence-electron chi connectivity index (χ0n) is 47.4. The van der Waals surface area contributed by atoms with Crippen molar-refractivity contribution >= 4 is 53.4 Å². The van der Waals surface area contributed by atoms with Gasteiger partial charge in [0.05, 0.1) is 39.5 Å². The van der Waals surface area contributed by atoms with Crippen LogP contribution in [0, 0.1) is 17.8 Å². The molecule has 8 N–H and O–H groups in total. The van der Waals surface area contributed by atoms with Crippen molar-refractivity contribution in [2.24, 2.45) is 23.5 Å². The lowest BCUT2D eigenvalue weighted by molar-refractivity contribution is -0.364. The Hall–Kier alpha value is -8.08. The largest absolute Gasteiger partial charge is 0.514 e. The maximum atomic E-state index is 13.9. The number of amides is 7. The quantitative estimate of drug-likeness (QED) is 0.0293. The number of primary amides is 1. The third-order valence-corrected chi connectivity index (χ3v) is 15.5. The van der Waals surface area contributed by atoms with E-state index in [9.17, 15) is 48.6 Å². The first-order chi connectivity index (χ1) is 40.8. The predicted molar refractivity (Wildman–Crippen MR) is 292 cm³/mol. The van der Waals surface area contributed by atoms with Gasteiger partial charge in [0.2, 0.25) is 30.3 Å². The maximum absolute atomic E-state index is 13.9. The zero-order valence-corrected chi connectivity index (χ0v) is 47.4. The lowest BCUT2D eigenvalue weighted by Gasteiger charge is -2.47. The van der Waals surface area contributed by atoms with Crippen molar-refractivity contribution in [3.05, 3.63) is 82.9 Å². The minimum atomic E-state index is -1.54.